The SMILES string of the molecule is CC(C)n1c(=O)n([C@H](CCN(C)C)c2ccccc2)c2c(F)cccc21. The van der Waals surface area contributed by atoms with Gasteiger partial charge in [0.1, 0.15) is 11.3 Å². The maximum absolute atomic E-state index is 14.8. The topological polar surface area (TPSA) is 30.2 Å². The first kappa shape index (κ1) is 18.4. The summed E-state index contributed by atoms with van der Waals surface area (Å²) in [5.74, 6) is -0.357. The number of aromatic nitrogens is 2. The van der Waals surface area contributed by atoms with E-state index in [4.69, 9.17) is 0 Å². The second kappa shape index (κ2) is 7.46. The van der Waals surface area contributed by atoms with Crippen molar-refractivity contribution in [3.8, 4) is 0 Å². The maximum atomic E-state index is 14.8. The molecule has 0 bridgehead atoms. The van der Waals surface area contributed by atoms with Crippen molar-refractivity contribution < 1.29 is 4.39 Å². The fourth-order valence-electron chi connectivity index (χ4n) is 3.54. The van der Waals surface area contributed by atoms with E-state index in [9.17, 15) is 9.18 Å². The predicted molar refractivity (Wildman–Crippen MR) is 104 cm³/mol. The Labute approximate surface area is 153 Å². The Morgan fingerprint density at radius 1 is 1.00 bits per heavy atom. The zero-order valence-electron chi connectivity index (χ0n) is 15.8. The highest BCUT2D eigenvalue weighted by Crippen LogP contribution is 2.28. The number of para-hydroxylation sites is 1. The minimum atomic E-state index is -0.357. The van der Waals surface area contributed by atoms with Crippen molar-refractivity contribution in [2.45, 2.75) is 32.4 Å². The largest absolute Gasteiger partial charge is 0.330 e. The highest BCUT2D eigenvalue weighted by atomic mass is 19.1. The van der Waals surface area contributed by atoms with Crippen molar-refractivity contribution in [2.24, 2.45) is 0 Å². The molecule has 26 heavy (non-hydrogen) atoms. The van der Waals surface area contributed by atoms with Crippen LogP contribution in [0, 0.1) is 5.82 Å². The van der Waals surface area contributed by atoms with Crippen molar-refractivity contribution in [3.05, 3.63) is 70.4 Å². The van der Waals surface area contributed by atoms with Crippen molar-refractivity contribution >= 4 is 11.0 Å². The summed E-state index contributed by atoms with van der Waals surface area (Å²) in [6, 6.07) is 14.5. The summed E-state index contributed by atoms with van der Waals surface area (Å²) in [5, 5.41) is 0. The molecule has 1 atom stereocenters. The van der Waals surface area contributed by atoms with Crippen LogP contribution in [0.2, 0.25) is 0 Å². The molecule has 0 saturated carbocycles. The molecule has 138 valence electrons. The third-order valence-electron chi connectivity index (χ3n) is 4.74. The minimum absolute atomic E-state index is 0.0432. The lowest BCUT2D eigenvalue weighted by atomic mass is 10.0. The molecule has 5 heteroatoms. The zero-order chi connectivity index (χ0) is 18.8. The zero-order valence-corrected chi connectivity index (χ0v) is 15.8. The molecule has 3 rings (SSSR count). The number of hydrogen-bond acceptors (Lipinski definition) is 2. The number of hydrogen-bond donors (Lipinski definition) is 0. The Hall–Kier alpha value is -2.40. The number of halogens is 1. The summed E-state index contributed by atoms with van der Waals surface area (Å²) >= 11 is 0. The monoisotopic (exact) mass is 355 g/mol. The van der Waals surface area contributed by atoms with Gasteiger partial charge in [-0.1, -0.05) is 36.4 Å². The lowest BCUT2D eigenvalue weighted by Gasteiger charge is -2.21. The summed E-state index contributed by atoms with van der Waals surface area (Å²) in [6.45, 7) is 4.70. The van der Waals surface area contributed by atoms with Gasteiger partial charge in [0.2, 0.25) is 0 Å². The summed E-state index contributed by atoms with van der Waals surface area (Å²) in [5.41, 5.74) is 1.89. The van der Waals surface area contributed by atoms with Gasteiger partial charge in [-0.2, -0.15) is 0 Å². The number of rotatable bonds is 6. The molecule has 1 aromatic heterocycles. The van der Waals surface area contributed by atoms with Crippen molar-refractivity contribution in [1.82, 2.24) is 14.0 Å². The van der Waals surface area contributed by atoms with Crippen molar-refractivity contribution in [3.63, 3.8) is 0 Å². The third-order valence-corrected chi connectivity index (χ3v) is 4.74. The number of nitrogens with zero attached hydrogens (tertiary/aromatic N) is 3. The Kier molecular flexibility index (Phi) is 5.28. The van der Waals surface area contributed by atoms with E-state index in [1.165, 1.54) is 6.07 Å². The van der Waals surface area contributed by atoms with Gasteiger partial charge in [0.25, 0.3) is 0 Å². The van der Waals surface area contributed by atoms with Crippen LogP contribution in [0.15, 0.2) is 53.3 Å². The Morgan fingerprint density at radius 3 is 2.31 bits per heavy atom. The Bertz CT molecular complexity index is 941. The van der Waals surface area contributed by atoms with Crippen LogP contribution in [-0.4, -0.2) is 34.7 Å². The van der Waals surface area contributed by atoms with E-state index in [1.54, 1.807) is 15.2 Å². The maximum Gasteiger partial charge on any atom is 0.330 e. The molecule has 0 amide bonds. The standard InChI is InChI=1S/C21H26FN3O/c1-15(2)24-19-12-8-11-17(22)20(19)25(21(24)26)18(13-14-23(3)4)16-9-6-5-7-10-16/h5-12,15,18H,13-14H2,1-4H3/t18-/m1/s1. The van der Waals surface area contributed by atoms with E-state index in [2.05, 4.69) is 4.90 Å². The molecule has 3 aromatic rings. The van der Waals surface area contributed by atoms with E-state index in [-0.39, 0.29) is 23.6 Å². The van der Waals surface area contributed by atoms with Crippen LogP contribution < -0.4 is 5.69 Å². The van der Waals surface area contributed by atoms with Gasteiger partial charge in [0, 0.05) is 6.04 Å². The van der Waals surface area contributed by atoms with Crippen LogP contribution in [0.25, 0.3) is 11.0 Å². The van der Waals surface area contributed by atoms with Gasteiger partial charge < -0.3 is 4.90 Å². The number of imidazole rings is 1. The molecule has 0 N–H and O–H groups in total. The smallest absolute Gasteiger partial charge is 0.309 e. The molecule has 0 aliphatic heterocycles. The van der Waals surface area contributed by atoms with Crippen LogP contribution in [0.3, 0.4) is 0 Å². The van der Waals surface area contributed by atoms with E-state index in [0.717, 1.165) is 18.5 Å². The molecule has 0 aliphatic rings. The quantitative estimate of drug-likeness (QED) is 0.667. The fourth-order valence-corrected chi connectivity index (χ4v) is 3.54. The summed E-state index contributed by atoms with van der Waals surface area (Å²) in [4.78, 5) is 15.4. The van der Waals surface area contributed by atoms with Crippen LogP contribution in [0.4, 0.5) is 4.39 Å². The average Bonchev–Trinajstić information content (AvgIpc) is 2.90. The number of benzene rings is 2. The fraction of sp³-hybridized carbons (Fsp3) is 0.381. The van der Waals surface area contributed by atoms with Crippen LogP contribution >= 0.6 is 0 Å². The first-order valence-electron chi connectivity index (χ1n) is 9.02. The van der Waals surface area contributed by atoms with Gasteiger partial charge in [0.05, 0.1) is 11.6 Å². The Morgan fingerprint density at radius 2 is 1.69 bits per heavy atom. The Balaban J connectivity index is 2.29. The molecule has 0 saturated heterocycles. The first-order chi connectivity index (χ1) is 12.4. The molecular formula is C21H26FN3O. The summed E-state index contributed by atoms with van der Waals surface area (Å²) in [7, 11) is 4.01. The highest BCUT2D eigenvalue weighted by Gasteiger charge is 2.25. The van der Waals surface area contributed by atoms with Gasteiger partial charge in [-0.3, -0.25) is 9.13 Å². The normalized spacial score (nSPS) is 13.0. The van der Waals surface area contributed by atoms with Crippen molar-refractivity contribution in [1.29, 1.82) is 0 Å². The summed E-state index contributed by atoms with van der Waals surface area (Å²) in [6.07, 6.45) is 0.725. The lowest BCUT2D eigenvalue weighted by Crippen LogP contribution is -2.30. The van der Waals surface area contributed by atoms with E-state index in [0.29, 0.717) is 11.0 Å². The van der Waals surface area contributed by atoms with Gasteiger partial charge in [-0.05, 0) is 58.6 Å². The molecule has 1 heterocycles. The molecule has 0 unspecified atom stereocenters. The van der Waals surface area contributed by atoms with Crippen molar-refractivity contribution in [2.75, 3.05) is 20.6 Å². The van der Waals surface area contributed by atoms with Gasteiger partial charge in [0.15, 0.2) is 0 Å². The van der Waals surface area contributed by atoms with Crippen LogP contribution in [-0.2, 0) is 0 Å². The summed E-state index contributed by atoms with van der Waals surface area (Å²) < 4.78 is 18.1. The van der Waals surface area contributed by atoms with Crippen LogP contribution in [0.5, 0.6) is 0 Å². The van der Waals surface area contributed by atoms with Gasteiger partial charge in [-0.15, -0.1) is 0 Å². The molecule has 4 nitrogen and oxygen atoms in total. The highest BCUT2D eigenvalue weighted by molar-refractivity contribution is 5.77. The minimum Gasteiger partial charge on any atom is -0.309 e. The van der Waals surface area contributed by atoms with E-state index >= 15 is 0 Å². The molecule has 0 fully saturated rings. The van der Waals surface area contributed by atoms with E-state index in [1.807, 2.05) is 64.3 Å². The third kappa shape index (κ3) is 3.31. The predicted octanol–water partition coefficient (Wildman–Crippen LogP) is 4.06. The molecule has 0 aliphatic carbocycles. The number of fused-ring (bicyclic) bond motifs is 1. The molecule has 0 radical (unpaired) electrons. The lowest BCUT2D eigenvalue weighted by molar-refractivity contribution is 0.364. The second-order valence-corrected chi connectivity index (χ2v) is 7.24. The van der Waals surface area contributed by atoms with E-state index < -0.39 is 0 Å². The molecule has 0 spiro atoms. The van der Waals surface area contributed by atoms with Gasteiger partial charge >= 0.3 is 5.69 Å². The average molecular weight is 355 g/mol. The van der Waals surface area contributed by atoms with Crippen LogP contribution in [0.1, 0.15) is 37.9 Å². The van der Waals surface area contributed by atoms with Gasteiger partial charge in [-0.25, -0.2) is 9.18 Å². The molecular weight excluding hydrogens is 329 g/mol. The second-order valence-electron chi connectivity index (χ2n) is 7.24. The first-order valence-corrected chi connectivity index (χ1v) is 9.02. The molecule has 2 aromatic carbocycles.